The summed E-state index contributed by atoms with van der Waals surface area (Å²) in [6.07, 6.45) is 0. The number of phenolic OH excluding ortho intramolecular Hbond substituents is 1. The number of rotatable bonds is 4. The van der Waals surface area contributed by atoms with Crippen molar-refractivity contribution < 1.29 is 19.7 Å². The molecule has 0 aliphatic carbocycles. The Balaban J connectivity index is 2.61. The van der Waals surface area contributed by atoms with Crippen LogP contribution in [-0.2, 0) is 5.60 Å². The van der Waals surface area contributed by atoms with Crippen molar-refractivity contribution in [2.45, 2.75) is 12.5 Å². The molecular weight excluding hydrogens is 256 g/mol. The van der Waals surface area contributed by atoms with Crippen LogP contribution in [0.3, 0.4) is 0 Å². The van der Waals surface area contributed by atoms with Crippen LogP contribution in [0.4, 0.5) is 0 Å². The summed E-state index contributed by atoms with van der Waals surface area (Å²) in [5.74, 6) is 1.24. The smallest absolute Gasteiger partial charge is 0.129 e. The minimum atomic E-state index is -1.30. The van der Waals surface area contributed by atoms with Crippen molar-refractivity contribution in [3.8, 4) is 17.2 Å². The molecule has 0 heterocycles. The molecule has 2 rings (SSSR count). The number of hydrogen-bond donors (Lipinski definition) is 2. The van der Waals surface area contributed by atoms with Crippen LogP contribution in [0.1, 0.15) is 18.1 Å². The van der Waals surface area contributed by atoms with Gasteiger partial charge >= 0.3 is 0 Å². The second kappa shape index (κ2) is 5.43. The van der Waals surface area contributed by atoms with Crippen LogP contribution in [0, 0.1) is 0 Å². The van der Waals surface area contributed by atoms with E-state index in [9.17, 15) is 10.2 Å². The van der Waals surface area contributed by atoms with E-state index in [-0.39, 0.29) is 5.75 Å². The lowest BCUT2D eigenvalue weighted by atomic mass is 9.87. The summed E-state index contributed by atoms with van der Waals surface area (Å²) in [6, 6.07) is 11.7. The number of aromatic hydroxyl groups is 1. The standard InChI is InChI=1S/C16H18O4/c1-16(18,11-7-9-12(17)10-8-11)15-13(19-2)5-4-6-14(15)20-3/h4-10,17-18H,1-3H3. The van der Waals surface area contributed by atoms with Gasteiger partial charge in [0.15, 0.2) is 0 Å². The Hall–Kier alpha value is -2.20. The van der Waals surface area contributed by atoms with E-state index in [1.54, 1.807) is 51.5 Å². The van der Waals surface area contributed by atoms with E-state index in [0.717, 1.165) is 0 Å². The van der Waals surface area contributed by atoms with Crippen LogP contribution >= 0.6 is 0 Å². The van der Waals surface area contributed by atoms with Crippen LogP contribution in [-0.4, -0.2) is 24.4 Å². The Morgan fingerprint density at radius 2 is 1.40 bits per heavy atom. The average molecular weight is 274 g/mol. The molecule has 1 atom stereocenters. The van der Waals surface area contributed by atoms with Gasteiger partial charge in [-0.15, -0.1) is 0 Å². The molecule has 0 aliphatic rings. The zero-order valence-electron chi connectivity index (χ0n) is 11.8. The number of hydrogen-bond acceptors (Lipinski definition) is 4. The Bertz CT molecular complexity index is 566. The Labute approximate surface area is 118 Å². The van der Waals surface area contributed by atoms with E-state index in [0.29, 0.717) is 22.6 Å². The van der Waals surface area contributed by atoms with E-state index >= 15 is 0 Å². The fraction of sp³-hybridized carbons (Fsp3) is 0.250. The molecule has 0 saturated heterocycles. The zero-order chi connectivity index (χ0) is 14.8. The summed E-state index contributed by atoms with van der Waals surface area (Å²) in [5.41, 5.74) is -0.111. The number of aliphatic hydroxyl groups is 1. The lowest BCUT2D eigenvalue weighted by molar-refractivity contribution is 0.0955. The van der Waals surface area contributed by atoms with E-state index in [4.69, 9.17) is 9.47 Å². The first-order chi connectivity index (χ1) is 9.50. The van der Waals surface area contributed by atoms with Crippen LogP contribution in [0.15, 0.2) is 42.5 Å². The molecule has 0 amide bonds. The van der Waals surface area contributed by atoms with Gasteiger partial charge in [0.1, 0.15) is 22.8 Å². The number of methoxy groups -OCH3 is 2. The van der Waals surface area contributed by atoms with Crippen molar-refractivity contribution in [2.24, 2.45) is 0 Å². The first kappa shape index (κ1) is 14.2. The molecule has 20 heavy (non-hydrogen) atoms. The molecule has 4 nitrogen and oxygen atoms in total. The molecule has 0 aliphatic heterocycles. The zero-order valence-corrected chi connectivity index (χ0v) is 11.8. The third-order valence-corrected chi connectivity index (χ3v) is 3.34. The summed E-state index contributed by atoms with van der Waals surface area (Å²) in [7, 11) is 3.09. The van der Waals surface area contributed by atoms with E-state index in [1.165, 1.54) is 12.1 Å². The SMILES string of the molecule is COc1cccc(OC)c1C(C)(O)c1ccc(O)cc1. The van der Waals surface area contributed by atoms with Gasteiger partial charge in [-0.25, -0.2) is 0 Å². The number of ether oxygens (including phenoxy) is 2. The number of phenols is 1. The van der Waals surface area contributed by atoms with Crippen molar-refractivity contribution in [1.29, 1.82) is 0 Å². The molecule has 4 heteroatoms. The van der Waals surface area contributed by atoms with Crippen molar-refractivity contribution in [1.82, 2.24) is 0 Å². The largest absolute Gasteiger partial charge is 0.508 e. The molecule has 2 aromatic carbocycles. The highest BCUT2D eigenvalue weighted by molar-refractivity contribution is 5.52. The topological polar surface area (TPSA) is 58.9 Å². The van der Waals surface area contributed by atoms with Crippen LogP contribution in [0.25, 0.3) is 0 Å². The van der Waals surface area contributed by atoms with E-state index in [2.05, 4.69) is 0 Å². The molecular formula is C16H18O4. The van der Waals surface area contributed by atoms with Crippen LogP contribution in [0.2, 0.25) is 0 Å². The monoisotopic (exact) mass is 274 g/mol. The Kier molecular flexibility index (Phi) is 3.86. The second-order valence-corrected chi connectivity index (χ2v) is 4.66. The predicted molar refractivity (Wildman–Crippen MR) is 76.3 cm³/mol. The van der Waals surface area contributed by atoms with E-state index in [1.807, 2.05) is 0 Å². The second-order valence-electron chi connectivity index (χ2n) is 4.66. The van der Waals surface area contributed by atoms with E-state index < -0.39 is 5.60 Å². The molecule has 0 spiro atoms. The van der Waals surface area contributed by atoms with Crippen molar-refractivity contribution in [3.05, 3.63) is 53.6 Å². The third kappa shape index (κ3) is 2.42. The van der Waals surface area contributed by atoms with Gasteiger partial charge in [0.05, 0.1) is 19.8 Å². The highest BCUT2D eigenvalue weighted by atomic mass is 16.5. The highest BCUT2D eigenvalue weighted by Crippen LogP contribution is 2.41. The molecule has 0 bridgehead atoms. The van der Waals surface area contributed by atoms with Gasteiger partial charge in [0, 0.05) is 0 Å². The maximum atomic E-state index is 10.9. The molecule has 2 aromatic rings. The fourth-order valence-electron chi connectivity index (χ4n) is 2.26. The minimum Gasteiger partial charge on any atom is -0.508 e. The van der Waals surface area contributed by atoms with Gasteiger partial charge in [-0.2, -0.15) is 0 Å². The third-order valence-electron chi connectivity index (χ3n) is 3.34. The van der Waals surface area contributed by atoms with Crippen molar-refractivity contribution >= 4 is 0 Å². The van der Waals surface area contributed by atoms with Gasteiger partial charge in [-0.1, -0.05) is 18.2 Å². The molecule has 0 radical (unpaired) electrons. The summed E-state index contributed by atoms with van der Waals surface area (Å²) in [5, 5.41) is 20.3. The molecule has 0 fully saturated rings. The maximum Gasteiger partial charge on any atom is 0.129 e. The Morgan fingerprint density at radius 3 is 1.85 bits per heavy atom. The van der Waals surface area contributed by atoms with Crippen LogP contribution in [0.5, 0.6) is 17.2 Å². The van der Waals surface area contributed by atoms with Crippen molar-refractivity contribution in [2.75, 3.05) is 14.2 Å². The van der Waals surface area contributed by atoms with Gasteiger partial charge in [0.25, 0.3) is 0 Å². The Morgan fingerprint density at radius 1 is 0.900 bits per heavy atom. The van der Waals surface area contributed by atoms with Crippen molar-refractivity contribution in [3.63, 3.8) is 0 Å². The number of benzene rings is 2. The first-order valence-electron chi connectivity index (χ1n) is 6.24. The molecule has 2 N–H and O–H groups in total. The molecule has 1 unspecified atom stereocenters. The lowest BCUT2D eigenvalue weighted by Gasteiger charge is -2.28. The van der Waals surface area contributed by atoms with Gasteiger partial charge in [-0.05, 0) is 36.8 Å². The average Bonchev–Trinajstić information content (AvgIpc) is 2.46. The van der Waals surface area contributed by atoms with Gasteiger partial charge in [0.2, 0.25) is 0 Å². The predicted octanol–water partition coefficient (Wildman–Crippen LogP) is 2.67. The van der Waals surface area contributed by atoms with Crippen LogP contribution < -0.4 is 9.47 Å². The first-order valence-corrected chi connectivity index (χ1v) is 6.24. The van der Waals surface area contributed by atoms with Gasteiger partial charge < -0.3 is 19.7 Å². The molecule has 0 aromatic heterocycles. The summed E-state index contributed by atoms with van der Waals surface area (Å²) >= 11 is 0. The quantitative estimate of drug-likeness (QED) is 0.900. The maximum absolute atomic E-state index is 10.9. The molecule has 106 valence electrons. The highest BCUT2D eigenvalue weighted by Gasteiger charge is 2.32. The fourth-order valence-corrected chi connectivity index (χ4v) is 2.26. The summed E-state index contributed by atoms with van der Waals surface area (Å²) < 4.78 is 10.7. The normalized spacial score (nSPS) is 13.6. The van der Waals surface area contributed by atoms with Gasteiger partial charge in [-0.3, -0.25) is 0 Å². The molecule has 0 saturated carbocycles. The summed E-state index contributed by atoms with van der Waals surface area (Å²) in [4.78, 5) is 0. The lowest BCUT2D eigenvalue weighted by Crippen LogP contribution is -2.24. The summed E-state index contributed by atoms with van der Waals surface area (Å²) in [6.45, 7) is 1.67. The minimum absolute atomic E-state index is 0.150.